The first kappa shape index (κ1) is 24.4. The molecule has 3 aromatic carbocycles. The minimum absolute atomic E-state index is 0.127. The lowest BCUT2D eigenvalue weighted by Gasteiger charge is -2.23. The van der Waals surface area contributed by atoms with Crippen molar-refractivity contribution >= 4 is 22.4 Å². The lowest BCUT2D eigenvalue weighted by Crippen LogP contribution is -2.39. The molecule has 1 amide bonds. The molecule has 11 heteroatoms. The van der Waals surface area contributed by atoms with Crippen molar-refractivity contribution in [1.29, 1.82) is 5.26 Å². The van der Waals surface area contributed by atoms with Crippen LogP contribution in [0, 0.1) is 11.3 Å². The Labute approximate surface area is 220 Å². The van der Waals surface area contributed by atoms with Gasteiger partial charge in [0, 0.05) is 28.7 Å². The van der Waals surface area contributed by atoms with Gasteiger partial charge in [0.05, 0.1) is 29.8 Å². The van der Waals surface area contributed by atoms with Gasteiger partial charge in [-0.2, -0.15) is 10.4 Å². The Hall–Kier alpha value is -4.98. The fraction of sp³-hybridized carbons (Fsp3) is 0.214. The van der Waals surface area contributed by atoms with Crippen molar-refractivity contribution in [2.24, 2.45) is 0 Å². The second-order valence-corrected chi connectivity index (χ2v) is 9.21. The first-order valence-electron chi connectivity index (χ1n) is 12.1. The fourth-order valence-corrected chi connectivity index (χ4v) is 4.63. The van der Waals surface area contributed by atoms with E-state index in [4.69, 9.17) is 4.74 Å². The summed E-state index contributed by atoms with van der Waals surface area (Å²) in [5.74, 6) is -0.296. The van der Waals surface area contributed by atoms with E-state index < -0.39 is 24.3 Å². The Morgan fingerprint density at radius 3 is 2.67 bits per heavy atom. The van der Waals surface area contributed by atoms with Gasteiger partial charge in [0.1, 0.15) is 12.3 Å². The maximum atomic E-state index is 13.6. The molecule has 9 nitrogen and oxygen atoms in total. The van der Waals surface area contributed by atoms with Gasteiger partial charge in [0.2, 0.25) is 5.91 Å². The second-order valence-electron chi connectivity index (χ2n) is 9.21. The van der Waals surface area contributed by atoms with E-state index in [1.54, 1.807) is 42.5 Å². The van der Waals surface area contributed by atoms with Crippen LogP contribution in [-0.2, 0) is 11.3 Å². The smallest absolute Gasteiger partial charge is 0.497 e. The van der Waals surface area contributed by atoms with Crippen molar-refractivity contribution in [2.45, 2.75) is 31.7 Å². The Morgan fingerprint density at radius 2 is 1.92 bits per heavy atom. The van der Waals surface area contributed by atoms with Crippen LogP contribution in [0.25, 0.3) is 22.0 Å². The summed E-state index contributed by atoms with van der Waals surface area (Å²) in [5, 5.41) is 14.7. The Balaban J connectivity index is 1.42. The molecule has 4 aromatic rings. The number of methoxy groups -OCH3 is 1. The third-order valence-corrected chi connectivity index (χ3v) is 6.56. The molecular weight excluding hydrogens is 510 g/mol. The maximum Gasteiger partial charge on any atom is 0.586 e. The molecule has 1 aliphatic heterocycles. The van der Waals surface area contributed by atoms with Gasteiger partial charge in [0.25, 0.3) is 5.56 Å². The molecule has 0 saturated heterocycles. The SMILES string of the molecule is COc1ccc2c(-c3cccc(C#N)c3)nn(CC(=O)N(c3ccc4c(c3)OC(F)(F)O4)C3CC3)c(=O)c2c1. The molecule has 2 aliphatic rings. The van der Waals surface area contributed by atoms with Crippen molar-refractivity contribution in [2.75, 3.05) is 12.0 Å². The van der Waals surface area contributed by atoms with Gasteiger partial charge < -0.3 is 19.1 Å². The Bertz CT molecular complexity index is 1740. The standard InChI is InChI=1S/C28H20F2N4O5/c1-37-20-8-9-21-22(13-20)27(36)33(32-26(21)17-4-2-3-16(11-17)14-31)15-25(35)34(18-5-6-18)19-7-10-23-24(12-19)39-28(29,30)38-23/h2-4,7-13,18H,5-6,15H2,1H3. The van der Waals surface area contributed by atoms with Gasteiger partial charge in [-0.1, -0.05) is 12.1 Å². The number of hydrogen-bond donors (Lipinski definition) is 0. The number of aromatic nitrogens is 2. The van der Waals surface area contributed by atoms with Crippen molar-refractivity contribution < 1.29 is 27.8 Å². The van der Waals surface area contributed by atoms with Gasteiger partial charge in [-0.15, -0.1) is 8.78 Å². The van der Waals surface area contributed by atoms with Crippen LogP contribution in [0.15, 0.2) is 65.5 Å². The monoisotopic (exact) mass is 530 g/mol. The van der Waals surface area contributed by atoms with Gasteiger partial charge in [-0.25, -0.2) is 4.68 Å². The number of hydrogen-bond acceptors (Lipinski definition) is 7. The number of carbonyl (C=O) groups excluding carboxylic acids is 1. The first-order valence-corrected chi connectivity index (χ1v) is 12.1. The van der Waals surface area contributed by atoms with E-state index in [1.165, 1.54) is 30.2 Å². The van der Waals surface area contributed by atoms with Gasteiger partial charge in [-0.3, -0.25) is 9.59 Å². The third kappa shape index (κ3) is 4.50. The average Bonchev–Trinajstić information content (AvgIpc) is 3.71. The molecule has 2 heterocycles. The number of nitrogens with zero attached hydrogens (tertiary/aromatic N) is 4. The van der Waals surface area contributed by atoms with E-state index in [0.29, 0.717) is 33.6 Å². The van der Waals surface area contributed by atoms with Gasteiger partial charge in [-0.05, 0) is 55.3 Å². The summed E-state index contributed by atoms with van der Waals surface area (Å²) in [4.78, 5) is 28.6. The van der Waals surface area contributed by atoms with Crippen LogP contribution < -0.4 is 24.7 Å². The average molecular weight is 530 g/mol. The maximum absolute atomic E-state index is 13.6. The number of rotatable bonds is 6. The highest BCUT2D eigenvalue weighted by atomic mass is 19.3. The number of carbonyl (C=O) groups is 1. The van der Waals surface area contributed by atoms with Gasteiger partial charge >= 0.3 is 6.29 Å². The molecule has 0 N–H and O–H groups in total. The molecule has 1 saturated carbocycles. The molecule has 196 valence electrons. The third-order valence-electron chi connectivity index (χ3n) is 6.56. The van der Waals surface area contributed by atoms with Crippen LogP contribution >= 0.6 is 0 Å². The van der Waals surface area contributed by atoms with Crippen molar-refractivity contribution in [3.05, 3.63) is 76.6 Å². The molecule has 1 fully saturated rings. The van der Waals surface area contributed by atoms with Crippen LogP contribution in [-0.4, -0.2) is 35.1 Å². The fourth-order valence-electron chi connectivity index (χ4n) is 4.63. The molecule has 1 aromatic heterocycles. The van der Waals surface area contributed by atoms with Crippen LogP contribution in [0.5, 0.6) is 17.2 Å². The van der Waals surface area contributed by atoms with Gasteiger partial charge in [0.15, 0.2) is 11.5 Å². The predicted molar refractivity (Wildman–Crippen MR) is 136 cm³/mol. The summed E-state index contributed by atoms with van der Waals surface area (Å²) in [5.41, 5.74) is 1.28. The zero-order valence-corrected chi connectivity index (χ0v) is 20.6. The largest absolute Gasteiger partial charge is 0.586 e. The number of alkyl halides is 2. The molecule has 0 unspecified atom stereocenters. The normalized spacial score (nSPS) is 15.1. The quantitative estimate of drug-likeness (QED) is 0.362. The number of ether oxygens (including phenoxy) is 3. The first-order chi connectivity index (χ1) is 18.8. The topological polar surface area (TPSA) is 107 Å². The number of benzene rings is 3. The second kappa shape index (κ2) is 9.09. The molecule has 1 aliphatic carbocycles. The molecule has 39 heavy (non-hydrogen) atoms. The van der Waals surface area contributed by atoms with E-state index in [2.05, 4.69) is 20.6 Å². The number of anilines is 1. The van der Waals surface area contributed by atoms with Crippen LogP contribution in [0.3, 0.4) is 0 Å². The Morgan fingerprint density at radius 1 is 1.13 bits per heavy atom. The minimum Gasteiger partial charge on any atom is -0.497 e. The zero-order valence-electron chi connectivity index (χ0n) is 20.6. The summed E-state index contributed by atoms with van der Waals surface area (Å²) >= 11 is 0. The van der Waals surface area contributed by atoms with Crippen LogP contribution in [0.2, 0.25) is 0 Å². The Kier molecular flexibility index (Phi) is 5.68. The summed E-state index contributed by atoms with van der Waals surface area (Å²) in [6, 6.07) is 17.9. The number of amides is 1. The lowest BCUT2D eigenvalue weighted by molar-refractivity contribution is -0.286. The van der Waals surface area contributed by atoms with E-state index >= 15 is 0 Å². The van der Waals surface area contributed by atoms with E-state index in [0.717, 1.165) is 17.5 Å². The van der Waals surface area contributed by atoms with Crippen molar-refractivity contribution in [3.8, 4) is 34.6 Å². The van der Waals surface area contributed by atoms with E-state index in [1.807, 2.05) is 0 Å². The minimum atomic E-state index is -3.78. The van der Waals surface area contributed by atoms with Crippen LogP contribution in [0.1, 0.15) is 18.4 Å². The summed E-state index contributed by atoms with van der Waals surface area (Å²) in [6.45, 7) is -0.405. The molecule has 0 radical (unpaired) electrons. The number of halogens is 2. The number of nitriles is 1. The molecular formula is C28H20F2N4O5. The van der Waals surface area contributed by atoms with Crippen molar-refractivity contribution in [3.63, 3.8) is 0 Å². The molecule has 0 bridgehead atoms. The summed E-state index contributed by atoms with van der Waals surface area (Å²) in [6.07, 6.45) is -2.34. The van der Waals surface area contributed by atoms with Crippen LogP contribution in [0.4, 0.5) is 14.5 Å². The van der Waals surface area contributed by atoms with E-state index in [9.17, 15) is 23.6 Å². The lowest BCUT2D eigenvalue weighted by atomic mass is 10.0. The molecule has 0 atom stereocenters. The molecule has 6 rings (SSSR count). The highest BCUT2D eigenvalue weighted by Gasteiger charge is 2.44. The highest BCUT2D eigenvalue weighted by molar-refractivity contribution is 5.97. The summed E-state index contributed by atoms with van der Waals surface area (Å²) < 4.78 is 42.5. The van der Waals surface area contributed by atoms with Crippen molar-refractivity contribution in [1.82, 2.24) is 9.78 Å². The highest BCUT2D eigenvalue weighted by Crippen LogP contribution is 2.44. The molecule has 0 spiro atoms. The summed E-state index contributed by atoms with van der Waals surface area (Å²) in [7, 11) is 1.48. The zero-order chi connectivity index (χ0) is 27.3. The predicted octanol–water partition coefficient (Wildman–Crippen LogP) is 4.46. The van der Waals surface area contributed by atoms with E-state index in [-0.39, 0.29) is 22.9 Å². The number of fused-ring (bicyclic) bond motifs is 2.